The monoisotopic (exact) mass is 607 g/mol. The van der Waals surface area contributed by atoms with Crippen molar-refractivity contribution >= 4 is 39.5 Å². The number of benzene rings is 2. The quantitative estimate of drug-likeness (QED) is 0.235. The average molecular weight is 608 g/mol. The number of unbranched alkanes of at least 4 members (excludes halogenated alkanes) is 1. The fourth-order valence-corrected chi connectivity index (χ4v) is 6.58. The van der Waals surface area contributed by atoms with Gasteiger partial charge in [-0.25, -0.2) is 0 Å². The summed E-state index contributed by atoms with van der Waals surface area (Å²) in [5, 5.41) is 22.6. The summed E-state index contributed by atoms with van der Waals surface area (Å²) < 4.78 is 22.1. The first-order valence-corrected chi connectivity index (χ1v) is 15.2. The summed E-state index contributed by atoms with van der Waals surface area (Å²) in [6.07, 6.45) is 3.39. The number of amides is 1. The molecule has 2 aromatic carbocycles. The van der Waals surface area contributed by atoms with E-state index < -0.39 is 12.2 Å². The van der Waals surface area contributed by atoms with Gasteiger partial charge in [0.2, 0.25) is 5.13 Å². The lowest BCUT2D eigenvalue weighted by Gasteiger charge is -2.08. The van der Waals surface area contributed by atoms with Crippen LogP contribution in [0.3, 0.4) is 0 Å². The Kier molecular flexibility index (Phi) is 8.29. The lowest BCUT2D eigenvalue weighted by atomic mass is 10.1. The minimum Gasteiger partial charge on any atom is -0.497 e. The van der Waals surface area contributed by atoms with Crippen LogP contribution in [0.25, 0.3) is 0 Å². The van der Waals surface area contributed by atoms with Crippen LogP contribution < -0.4 is 24.3 Å². The van der Waals surface area contributed by atoms with E-state index in [1.165, 1.54) is 22.7 Å². The number of ketones is 1. The van der Waals surface area contributed by atoms with Gasteiger partial charge in [0.15, 0.2) is 18.0 Å². The van der Waals surface area contributed by atoms with E-state index in [0.717, 1.165) is 64.1 Å². The fraction of sp³-hybridized carbons (Fsp3) is 0.379. The fourth-order valence-electron chi connectivity index (χ4n) is 4.90. The Morgan fingerprint density at radius 1 is 0.810 bits per heavy atom. The first-order valence-electron chi connectivity index (χ1n) is 13.6. The molecule has 0 bridgehead atoms. The number of Topliss-reactive ketones (excluding diaryl/α,β-unsaturated/α-hetero) is 1. The Balaban J connectivity index is 0.911. The molecular weight excluding hydrogens is 578 g/mol. The molecule has 0 saturated heterocycles. The Bertz CT molecular complexity index is 1490. The molecule has 4 aromatic rings. The van der Waals surface area contributed by atoms with Crippen LogP contribution in [-0.2, 0) is 41.7 Å². The second kappa shape index (κ2) is 12.4. The number of ether oxygens (including phenoxy) is 4. The van der Waals surface area contributed by atoms with Crippen molar-refractivity contribution in [1.29, 1.82) is 0 Å². The second-order valence-electron chi connectivity index (χ2n) is 10.00. The first-order chi connectivity index (χ1) is 20.5. The molecule has 6 rings (SSSR count). The van der Waals surface area contributed by atoms with E-state index in [0.29, 0.717) is 28.7 Å². The van der Waals surface area contributed by atoms with Crippen LogP contribution in [0.4, 0.5) is 5.13 Å². The molecule has 0 fully saturated rings. The predicted molar refractivity (Wildman–Crippen MR) is 156 cm³/mol. The summed E-state index contributed by atoms with van der Waals surface area (Å²) in [4.78, 5) is 25.5. The lowest BCUT2D eigenvalue weighted by molar-refractivity contribution is -0.124. The number of aromatic nitrogens is 4. The van der Waals surface area contributed by atoms with Crippen LogP contribution in [-0.4, -0.2) is 58.5 Å². The summed E-state index contributed by atoms with van der Waals surface area (Å²) in [5.41, 5.74) is 1.92. The summed E-state index contributed by atoms with van der Waals surface area (Å²) in [7, 11) is 3.23. The molecule has 0 aliphatic carbocycles. The van der Waals surface area contributed by atoms with Crippen molar-refractivity contribution in [3.05, 3.63) is 62.5 Å². The molecule has 1 N–H and O–H groups in total. The van der Waals surface area contributed by atoms with Crippen molar-refractivity contribution in [2.75, 3.05) is 19.5 Å². The summed E-state index contributed by atoms with van der Waals surface area (Å²) in [6, 6.07) is 11.1. The second-order valence-corrected chi connectivity index (χ2v) is 12.2. The maximum atomic E-state index is 12.8. The van der Waals surface area contributed by atoms with Crippen molar-refractivity contribution in [3.8, 4) is 23.0 Å². The molecule has 2 aliphatic rings. The number of aryl methyl sites for hydroxylation is 2. The van der Waals surface area contributed by atoms with Gasteiger partial charge in [0, 0.05) is 36.8 Å². The Hall–Kier alpha value is -4.10. The third-order valence-electron chi connectivity index (χ3n) is 7.10. The van der Waals surface area contributed by atoms with Crippen molar-refractivity contribution in [3.63, 3.8) is 0 Å². The first kappa shape index (κ1) is 28.0. The lowest BCUT2D eigenvalue weighted by Crippen LogP contribution is -2.31. The molecule has 2 aliphatic heterocycles. The van der Waals surface area contributed by atoms with Crippen LogP contribution >= 0.6 is 22.7 Å². The maximum Gasteiger partial charge on any atom is 0.267 e. The number of methoxy groups -OCH3 is 2. The third kappa shape index (κ3) is 6.36. The van der Waals surface area contributed by atoms with E-state index in [9.17, 15) is 9.59 Å². The van der Waals surface area contributed by atoms with E-state index in [2.05, 4.69) is 25.7 Å². The van der Waals surface area contributed by atoms with Crippen LogP contribution in [0.5, 0.6) is 23.0 Å². The van der Waals surface area contributed by atoms with Gasteiger partial charge in [-0.2, -0.15) is 0 Å². The third-order valence-corrected chi connectivity index (χ3v) is 8.98. The van der Waals surface area contributed by atoms with Gasteiger partial charge < -0.3 is 18.9 Å². The van der Waals surface area contributed by atoms with Crippen LogP contribution in [0, 0.1) is 0 Å². The minimum absolute atomic E-state index is 0.00343. The molecule has 218 valence electrons. The van der Waals surface area contributed by atoms with Crippen molar-refractivity contribution in [2.45, 2.75) is 57.2 Å². The SMILES string of the molecule is COc1ccc2c(c1)CC(C(=O)Cc1nnc(CCCCc3nnc(NC(=O)C4Cc5cc(OC)ccc5O4)s3)s1)O2. The average Bonchev–Trinajstić information content (AvgIpc) is 3.80. The minimum atomic E-state index is -0.613. The smallest absolute Gasteiger partial charge is 0.267 e. The normalized spacial score (nSPS) is 16.7. The zero-order chi connectivity index (χ0) is 29.1. The van der Waals surface area contributed by atoms with E-state index in [1.54, 1.807) is 14.2 Å². The summed E-state index contributed by atoms with van der Waals surface area (Å²) in [6.45, 7) is 0. The maximum absolute atomic E-state index is 12.8. The Labute approximate surface area is 250 Å². The Morgan fingerprint density at radius 2 is 1.38 bits per heavy atom. The summed E-state index contributed by atoms with van der Waals surface area (Å²) in [5.74, 6) is 2.65. The number of nitrogens with zero attached hydrogens (tertiary/aromatic N) is 4. The highest BCUT2D eigenvalue weighted by Gasteiger charge is 2.31. The standard InChI is InChI=1S/C29H29N5O6S2/c1-37-18-7-9-21-16(11-18)13-23(39-21)20(35)15-27-33-31-25(41-27)5-3-4-6-26-32-34-29(42-26)30-28(36)24-14-17-12-19(38-2)8-10-22(17)40-24/h7-12,23-24H,3-6,13-15H2,1-2H3,(H,30,34,36). The predicted octanol–water partition coefficient (Wildman–Crippen LogP) is 4.03. The van der Waals surface area contributed by atoms with Gasteiger partial charge in [-0.15, -0.1) is 31.7 Å². The van der Waals surface area contributed by atoms with Gasteiger partial charge in [0.05, 0.1) is 20.6 Å². The van der Waals surface area contributed by atoms with E-state index in [1.807, 2.05) is 36.4 Å². The topological polar surface area (TPSA) is 135 Å². The van der Waals surface area contributed by atoms with Gasteiger partial charge in [0.25, 0.3) is 5.91 Å². The van der Waals surface area contributed by atoms with Gasteiger partial charge in [-0.05, 0) is 49.2 Å². The number of anilines is 1. The van der Waals surface area contributed by atoms with Crippen molar-refractivity contribution in [2.24, 2.45) is 0 Å². The largest absolute Gasteiger partial charge is 0.497 e. The van der Waals surface area contributed by atoms with Gasteiger partial charge in [0.1, 0.15) is 38.0 Å². The van der Waals surface area contributed by atoms with Crippen LogP contribution in [0.1, 0.15) is 39.0 Å². The van der Waals surface area contributed by atoms with Gasteiger partial charge in [-0.3, -0.25) is 14.9 Å². The summed E-state index contributed by atoms with van der Waals surface area (Å²) >= 11 is 2.83. The van der Waals surface area contributed by atoms with Crippen molar-refractivity contribution in [1.82, 2.24) is 20.4 Å². The molecule has 2 atom stereocenters. The highest BCUT2D eigenvalue weighted by atomic mass is 32.1. The molecule has 0 radical (unpaired) electrons. The van der Waals surface area contributed by atoms with E-state index in [4.69, 9.17) is 18.9 Å². The number of nitrogens with one attached hydrogen (secondary N) is 1. The number of fused-ring (bicyclic) bond motifs is 2. The zero-order valence-electron chi connectivity index (χ0n) is 23.1. The van der Waals surface area contributed by atoms with Crippen LogP contribution in [0.2, 0.25) is 0 Å². The number of hydrogen-bond donors (Lipinski definition) is 1. The van der Waals surface area contributed by atoms with Crippen LogP contribution in [0.15, 0.2) is 36.4 Å². The molecule has 42 heavy (non-hydrogen) atoms. The molecule has 4 heterocycles. The van der Waals surface area contributed by atoms with Gasteiger partial charge in [-0.1, -0.05) is 11.3 Å². The molecule has 2 aromatic heterocycles. The number of carbonyl (C=O) groups excluding carboxylic acids is 2. The highest BCUT2D eigenvalue weighted by Crippen LogP contribution is 2.34. The molecule has 11 nitrogen and oxygen atoms in total. The molecule has 0 saturated carbocycles. The molecule has 0 spiro atoms. The van der Waals surface area contributed by atoms with Gasteiger partial charge >= 0.3 is 0 Å². The highest BCUT2D eigenvalue weighted by molar-refractivity contribution is 7.15. The zero-order valence-corrected chi connectivity index (χ0v) is 24.8. The molecule has 2 unspecified atom stereocenters. The molecular formula is C29H29N5O6S2. The molecule has 13 heteroatoms. The number of carbonyl (C=O) groups is 2. The number of rotatable bonds is 12. The van der Waals surface area contributed by atoms with E-state index >= 15 is 0 Å². The van der Waals surface area contributed by atoms with E-state index in [-0.39, 0.29) is 18.1 Å². The molecule has 1 amide bonds. The van der Waals surface area contributed by atoms with Crippen molar-refractivity contribution < 1.29 is 28.5 Å². The number of hydrogen-bond acceptors (Lipinski definition) is 12. The Morgan fingerprint density at radius 3 is 2.05 bits per heavy atom.